The normalized spacial score (nSPS) is 10.3. The van der Waals surface area contributed by atoms with E-state index in [2.05, 4.69) is 35.7 Å². The van der Waals surface area contributed by atoms with Crippen molar-refractivity contribution in [2.24, 2.45) is 0 Å². The van der Waals surface area contributed by atoms with E-state index < -0.39 is 0 Å². The van der Waals surface area contributed by atoms with E-state index in [1.807, 2.05) is 13.8 Å². The van der Waals surface area contributed by atoms with E-state index in [0.29, 0.717) is 12.5 Å². The molecule has 7 heteroatoms. The summed E-state index contributed by atoms with van der Waals surface area (Å²) in [4.78, 5) is 8.19. The third kappa shape index (κ3) is 2.25. The van der Waals surface area contributed by atoms with Crippen molar-refractivity contribution in [3.05, 3.63) is 23.5 Å². The maximum absolute atomic E-state index is 4.23. The highest BCUT2D eigenvalue weighted by Crippen LogP contribution is 2.02. The summed E-state index contributed by atoms with van der Waals surface area (Å²) in [7, 11) is 0. The average molecular weight is 205 g/mol. The van der Waals surface area contributed by atoms with Gasteiger partial charge in [-0.15, -0.1) is 5.10 Å². The van der Waals surface area contributed by atoms with Crippen LogP contribution in [0.15, 0.2) is 6.33 Å². The second-order valence-corrected chi connectivity index (χ2v) is 3.09. The first-order valence-electron chi connectivity index (χ1n) is 4.52. The van der Waals surface area contributed by atoms with Crippen LogP contribution >= 0.6 is 0 Å². The van der Waals surface area contributed by atoms with Crippen LogP contribution < -0.4 is 5.32 Å². The van der Waals surface area contributed by atoms with Crippen molar-refractivity contribution in [2.45, 2.75) is 20.4 Å². The van der Waals surface area contributed by atoms with E-state index in [1.165, 1.54) is 6.33 Å². The van der Waals surface area contributed by atoms with Gasteiger partial charge in [-0.25, -0.2) is 9.97 Å². The van der Waals surface area contributed by atoms with Gasteiger partial charge < -0.3 is 5.32 Å². The standard InChI is InChI=1S/C8H11N7/c1-5-6(2)13-15-8(12-5)9-3-7-10-4-11-14-7/h4H,3H2,1-2H3,(H,9,12,15)(H,10,11,14). The van der Waals surface area contributed by atoms with Gasteiger partial charge in [-0.1, -0.05) is 0 Å². The topological polar surface area (TPSA) is 92.3 Å². The Bertz CT molecular complexity index is 436. The number of nitrogens with zero attached hydrogens (tertiary/aromatic N) is 5. The van der Waals surface area contributed by atoms with Crippen molar-refractivity contribution in [1.29, 1.82) is 0 Å². The zero-order chi connectivity index (χ0) is 10.7. The molecule has 0 aliphatic carbocycles. The highest BCUT2D eigenvalue weighted by molar-refractivity contribution is 5.24. The van der Waals surface area contributed by atoms with Crippen LogP contribution in [-0.4, -0.2) is 30.4 Å². The molecule has 0 fully saturated rings. The summed E-state index contributed by atoms with van der Waals surface area (Å²) in [5, 5.41) is 17.3. The maximum atomic E-state index is 4.23. The number of rotatable bonds is 3. The van der Waals surface area contributed by atoms with Gasteiger partial charge in [0.25, 0.3) is 0 Å². The molecular weight excluding hydrogens is 194 g/mol. The van der Waals surface area contributed by atoms with Crippen molar-refractivity contribution in [3.63, 3.8) is 0 Å². The van der Waals surface area contributed by atoms with Crippen LogP contribution in [0.3, 0.4) is 0 Å². The SMILES string of the molecule is Cc1nnc(NCc2ncn[nH]2)nc1C. The van der Waals surface area contributed by atoms with Crippen LogP contribution in [0.5, 0.6) is 0 Å². The average Bonchev–Trinajstić information content (AvgIpc) is 2.73. The molecule has 0 amide bonds. The van der Waals surface area contributed by atoms with Gasteiger partial charge in [0.15, 0.2) is 0 Å². The van der Waals surface area contributed by atoms with Crippen molar-refractivity contribution in [3.8, 4) is 0 Å². The highest BCUT2D eigenvalue weighted by atomic mass is 15.3. The minimum atomic E-state index is 0.495. The molecule has 7 nitrogen and oxygen atoms in total. The summed E-state index contributed by atoms with van der Waals surface area (Å²) in [6.07, 6.45) is 1.45. The summed E-state index contributed by atoms with van der Waals surface area (Å²) in [5.41, 5.74) is 1.70. The molecule has 0 bridgehead atoms. The predicted molar refractivity (Wildman–Crippen MR) is 53.0 cm³/mol. The van der Waals surface area contributed by atoms with E-state index >= 15 is 0 Å². The predicted octanol–water partition coefficient (Wildman–Crippen LogP) is 0.219. The first-order chi connectivity index (χ1) is 7.25. The number of aromatic amines is 1. The zero-order valence-electron chi connectivity index (χ0n) is 8.52. The Morgan fingerprint density at radius 2 is 2.13 bits per heavy atom. The van der Waals surface area contributed by atoms with Crippen LogP contribution in [-0.2, 0) is 6.54 Å². The van der Waals surface area contributed by atoms with Gasteiger partial charge >= 0.3 is 0 Å². The molecule has 2 aromatic heterocycles. The van der Waals surface area contributed by atoms with Crippen LogP contribution in [0, 0.1) is 13.8 Å². The van der Waals surface area contributed by atoms with Crippen LogP contribution in [0.25, 0.3) is 0 Å². The molecule has 0 spiro atoms. The molecule has 78 valence electrons. The molecule has 0 saturated carbocycles. The maximum Gasteiger partial charge on any atom is 0.243 e. The highest BCUT2D eigenvalue weighted by Gasteiger charge is 2.01. The van der Waals surface area contributed by atoms with Gasteiger partial charge in [-0.2, -0.15) is 10.2 Å². The van der Waals surface area contributed by atoms with E-state index in [0.717, 1.165) is 17.2 Å². The van der Waals surface area contributed by atoms with Crippen LogP contribution in [0.4, 0.5) is 5.95 Å². The number of anilines is 1. The molecule has 2 rings (SSSR count). The lowest BCUT2D eigenvalue weighted by Gasteiger charge is -2.03. The zero-order valence-corrected chi connectivity index (χ0v) is 8.52. The van der Waals surface area contributed by atoms with Gasteiger partial charge in [0.05, 0.1) is 17.9 Å². The van der Waals surface area contributed by atoms with Crippen molar-refractivity contribution in [2.75, 3.05) is 5.32 Å². The van der Waals surface area contributed by atoms with Gasteiger partial charge in [0, 0.05) is 0 Å². The molecule has 0 atom stereocenters. The van der Waals surface area contributed by atoms with Crippen molar-refractivity contribution < 1.29 is 0 Å². The smallest absolute Gasteiger partial charge is 0.243 e. The Labute approximate surface area is 86.4 Å². The van der Waals surface area contributed by atoms with Crippen molar-refractivity contribution >= 4 is 5.95 Å². The fourth-order valence-electron chi connectivity index (χ4n) is 1.01. The summed E-state index contributed by atoms with van der Waals surface area (Å²) >= 11 is 0. The fraction of sp³-hybridized carbons (Fsp3) is 0.375. The van der Waals surface area contributed by atoms with Gasteiger partial charge in [0.1, 0.15) is 12.2 Å². The quantitative estimate of drug-likeness (QED) is 0.744. The molecule has 0 aliphatic heterocycles. The van der Waals surface area contributed by atoms with E-state index in [9.17, 15) is 0 Å². The fourth-order valence-corrected chi connectivity index (χ4v) is 1.01. The lowest BCUT2D eigenvalue weighted by Crippen LogP contribution is -2.07. The number of nitrogens with one attached hydrogen (secondary N) is 2. The second kappa shape index (κ2) is 3.99. The summed E-state index contributed by atoms with van der Waals surface area (Å²) in [6.45, 7) is 4.27. The molecule has 0 aromatic carbocycles. The molecule has 2 heterocycles. The molecule has 15 heavy (non-hydrogen) atoms. The molecule has 0 unspecified atom stereocenters. The minimum Gasteiger partial charge on any atom is -0.346 e. The Hall–Kier alpha value is -2.05. The molecular formula is C8H11N7. The van der Waals surface area contributed by atoms with E-state index in [1.54, 1.807) is 0 Å². The minimum absolute atomic E-state index is 0.495. The van der Waals surface area contributed by atoms with Crippen LogP contribution in [0.2, 0.25) is 0 Å². The first-order valence-corrected chi connectivity index (χ1v) is 4.52. The van der Waals surface area contributed by atoms with Gasteiger partial charge in [-0.05, 0) is 13.8 Å². The third-order valence-electron chi connectivity index (χ3n) is 1.97. The molecule has 2 N–H and O–H groups in total. The van der Waals surface area contributed by atoms with E-state index in [-0.39, 0.29) is 0 Å². The van der Waals surface area contributed by atoms with Gasteiger partial charge in [-0.3, -0.25) is 5.10 Å². The molecule has 0 aliphatic rings. The van der Waals surface area contributed by atoms with Gasteiger partial charge in [0.2, 0.25) is 5.95 Å². The number of aromatic nitrogens is 6. The Morgan fingerprint density at radius 3 is 2.80 bits per heavy atom. The number of H-pyrrole nitrogens is 1. The van der Waals surface area contributed by atoms with E-state index in [4.69, 9.17) is 0 Å². The molecule has 0 saturated heterocycles. The molecule has 2 aromatic rings. The number of hydrogen-bond acceptors (Lipinski definition) is 6. The summed E-state index contributed by atoms with van der Waals surface area (Å²) in [6, 6.07) is 0. The largest absolute Gasteiger partial charge is 0.346 e. The Morgan fingerprint density at radius 1 is 1.27 bits per heavy atom. The van der Waals surface area contributed by atoms with Crippen LogP contribution in [0.1, 0.15) is 17.2 Å². The second-order valence-electron chi connectivity index (χ2n) is 3.09. The summed E-state index contributed by atoms with van der Waals surface area (Å²) < 4.78 is 0. The Balaban J connectivity index is 2.02. The lowest BCUT2D eigenvalue weighted by atomic mass is 10.4. The Kier molecular flexibility index (Phi) is 2.53. The third-order valence-corrected chi connectivity index (χ3v) is 1.97. The monoisotopic (exact) mass is 205 g/mol. The lowest BCUT2D eigenvalue weighted by molar-refractivity contribution is 0.868. The first kappa shape index (κ1) is 9.50. The van der Waals surface area contributed by atoms with Crippen molar-refractivity contribution in [1.82, 2.24) is 30.4 Å². The number of aryl methyl sites for hydroxylation is 2. The molecule has 0 radical (unpaired) electrons. The summed E-state index contributed by atoms with van der Waals surface area (Å²) in [5.74, 6) is 1.23. The number of hydrogen-bond donors (Lipinski definition) is 2.